The molecular weight excluding hydrogens is 362 g/mol. The van der Waals surface area contributed by atoms with Gasteiger partial charge in [0.2, 0.25) is 0 Å². The zero-order chi connectivity index (χ0) is 20.5. The third kappa shape index (κ3) is 5.32. The SMILES string of the molecule is CCCOc1ccc(/C=C(/C#N)C(=O)Nc2cccc([N+](=O)[O-])c2)cc1OC. The number of non-ortho nitro benzene ring substituents is 1. The van der Waals surface area contributed by atoms with Crippen LogP contribution in [0.2, 0.25) is 0 Å². The first kappa shape index (κ1) is 20.5. The molecule has 0 aliphatic carbocycles. The molecule has 2 rings (SSSR count). The largest absolute Gasteiger partial charge is 0.493 e. The maximum absolute atomic E-state index is 12.4. The number of nitriles is 1. The van der Waals surface area contributed by atoms with Crippen molar-refractivity contribution in [1.29, 1.82) is 5.26 Å². The van der Waals surface area contributed by atoms with Gasteiger partial charge >= 0.3 is 0 Å². The highest BCUT2D eigenvalue weighted by molar-refractivity contribution is 6.09. The number of nitro groups is 1. The Morgan fingerprint density at radius 2 is 2.07 bits per heavy atom. The molecule has 0 bridgehead atoms. The van der Waals surface area contributed by atoms with E-state index < -0.39 is 10.8 Å². The third-order valence-electron chi connectivity index (χ3n) is 3.64. The quantitative estimate of drug-likeness (QED) is 0.321. The number of hydrogen-bond donors (Lipinski definition) is 1. The van der Waals surface area contributed by atoms with Crippen molar-refractivity contribution in [3.63, 3.8) is 0 Å². The van der Waals surface area contributed by atoms with Crippen LogP contribution in [0.4, 0.5) is 11.4 Å². The summed E-state index contributed by atoms with van der Waals surface area (Å²) in [6.45, 7) is 2.53. The van der Waals surface area contributed by atoms with E-state index in [-0.39, 0.29) is 16.9 Å². The molecule has 144 valence electrons. The molecule has 8 heteroatoms. The second-order valence-corrected chi connectivity index (χ2v) is 5.69. The van der Waals surface area contributed by atoms with Crippen molar-refractivity contribution in [2.24, 2.45) is 0 Å². The lowest BCUT2D eigenvalue weighted by Crippen LogP contribution is -2.13. The molecule has 8 nitrogen and oxygen atoms in total. The van der Waals surface area contributed by atoms with E-state index >= 15 is 0 Å². The van der Waals surface area contributed by atoms with Gasteiger partial charge in [-0.15, -0.1) is 0 Å². The number of benzene rings is 2. The summed E-state index contributed by atoms with van der Waals surface area (Å²) in [6, 6.07) is 12.4. The van der Waals surface area contributed by atoms with E-state index in [0.717, 1.165) is 6.42 Å². The number of rotatable bonds is 8. The zero-order valence-electron chi connectivity index (χ0n) is 15.5. The van der Waals surface area contributed by atoms with Crippen LogP contribution in [0.1, 0.15) is 18.9 Å². The number of nitrogens with zero attached hydrogens (tertiary/aromatic N) is 2. The highest BCUT2D eigenvalue weighted by atomic mass is 16.6. The van der Waals surface area contributed by atoms with Crippen molar-refractivity contribution in [3.05, 3.63) is 63.7 Å². The molecule has 0 aliphatic heterocycles. The number of ether oxygens (including phenoxy) is 2. The Labute approximate surface area is 162 Å². The fraction of sp³-hybridized carbons (Fsp3) is 0.200. The molecule has 0 spiro atoms. The van der Waals surface area contributed by atoms with E-state index in [1.807, 2.05) is 13.0 Å². The van der Waals surface area contributed by atoms with Crippen LogP contribution in [0, 0.1) is 21.4 Å². The standard InChI is InChI=1S/C20H19N3O5/c1-3-9-28-18-8-7-14(11-19(18)27-2)10-15(13-21)20(24)22-16-5-4-6-17(12-16)23(25)26/h4-8,10-12H,3,9H2,1-2H3,(H,22,24)/b15-10-. The van der Waals surface area contributed by atoms with Crippen LogP contribution in [0.25, 0.3) is 6.08 Å². The smallest absolute Gasteiger partial charge is 0.271 e. The minimum absolute atomic E-state index is 0.157. The first-order chi connectivity index (χ1) is 13.5. The highest BCUT2D eigenvalue weighted by Gasteiger charge is 2.13. The van der Waals surface area contributed by atoms with Gasteiger partial charge in [0.25, 0.3) is 11.6 Å². The van der Waals surface area contributed by atoms with Gasteiger partial charge in [-0.05, 0) is 36.3 Å². The van der Waals surface area contributed by atoms with Crippen molar-refractivity contribution < 1.29 is 19.2 Å². The molecule has 0 unspecified atom stereocenters. The fourth-order valence-corrected chi connectivity index (χ4v) is 2.32. The van der Waals surface area contributed by atoms with Crippen molar-refractivity contribution in [2.75, 3.05) is 19.0 Å². The van der Waals surface area contributed by atoms with E-state index in [1.165, 1.54) is 37.5 Å². The van der Waals surface area contributed by atoms with E-state index in [4.69, 9.17) is 9.47 Å². The molecule has 28 heavy (non-hydrogen) atoms. The van der Waals surface area contributed by atoms with Gasteiger partial charge in [0.1, 0.15) is 11.6 Å². The predicted molar refractivity (Wildman–Crippen MR) is 104 cm³/mol. The molecule has 0 fully saturated rings. The lowest BCUT2D eigenvalue weighted by Gasteiger charge is -2.10. The summed E-state index contributed by atoms with van der Waals surface area (Å²) in [5.74, 6) is 0.382. The first-order valence-electron chi connectivity index (χ1n) is 8.47. The van der Waals surface area contributed by atoms with Crippen molar-refractivity contribution in [3.8, 4) is 17.6 Å². The molecule has 0 heterocycles. The number of nitro benzene ring substituents is 1. The summed E-state index contributed by atoms with van der Waals surface area (Å²) < 4.78 is 10.9. The number of amides is 1. The lowest BCUT2D eigenvalue weighted by molar-refractivity contribution is -0.384. The Morgan fingerprint density at radius 3 is 2.71 bits per heavy atom. The maximum atomic E-state index is 12.4. The Kier molecular flexibility index (Phi) is 7.11. The van der Waals surface area contributed by atoms with Gasteiger partial charge < -0.3 is 14.8 Å². The number of carbonyl (C=O) groups excluding carboxylic acids is 1. The van der Waals surface area contributed by atoms with Gasteiger partial charge in [0.15, 0.2) is 11.5 Å². The van der Waals surface area contributed by atoms with E-state index in [2.05, 4.69) is 5.32 Å². The average molecular weight is 381 g/mol. The maximum Gasteiger partial charge on any atom is 0.271 e. The Morgan fingerprint density at radius 1 is 1.29 bits per heavy atom. The molecule has 0 aromatic heterocycles. The van der Waals surface area contributed by atoms with Crippen LogP contribution >= 0.6 is 0 Å². The molecule has 0 saturated carbocycles. The molecule has 0 radical (unpaired) electrons. The minimum Gasteiger partial charge on any atom is -0.493 e. The van der Waals surface area contributed by atoms with Gasteiger partial charge in [-0.3, -0.25) is 14.9 Å². The van der Waals surface area contributed by atoms with Gasteiger partial charge in [-0.1, -0.05) is 19.1 Å². The number of carbonyl (C=O) groups is 1. The third-order valence-corrected chi connectivity index (χ3v) is 3.64. The van der Waals surface area contributed by atoms with Crippen LogP contribution in [-0.4, -0.2) is 24.5 Å². The van der Waals surface area contributed by atoms with Crippen LogP contribution in [-0.2, 0) is 4.79 Å². The highest BCUT2D eigenvalue weighted by Crippen LogP contribution is 2.29. The fourth-order valence-electron chi connectivity index (χ4n) is 2.32. The van der Waals surface area contributed by atoms with Crippen LogP contribution in [0.5, 0.6) is 11.5 Å². The van der Waals surface area contributed by atoms with Crippen LogP contribution < -0.4 is 14.8 Å². The van der Waals surface area contributed by atoms with Gasteiger partial charge in [0, 0.05) is 17.8 Å². The number of hydrogen-bond acceptors (Lipinski definition) is 6. The molecule has 0 saturated heterocycles. The van der Waals surface area contributed by atoms with Crippen molar-refractivity contribution in [1.82, 2.24) is 0 Å². The lowest BCUT2D eigenvalue weighted by atomic mass is 10.1. The molecule has 0 atom stereocenters. The summed E-state index contributed by atoms with van der Waals surface area (Å²) in [5, 5.41) is 22.6. The van der Waals surface area contributed by atoms with E-state index in [9.17, 15) is 20.2 Å². The Balaban J connectivity index is 2.23. The summed E-state index contributed by atoms with van der Waals surface area (Å²) >= 11 is 0. The summed E-state index contributed by atoms with van der Waals surface area (Å²) in [6.07, 6.45) is 2.25. The number of methoxy groups -OCH3 is 1. The molecule has 2 aromatic carbocycles. The van der Waals surface area contributed by atoms with Crippen molar-refractivity contribution >= 4 is 23.4 Å². The Hall–Kier alpha value is -3.86. The molecule has 2 aromatic rings. The van der Waals surface area contributed by atoms with Crippen LogP contribution in [0.15, 0.2) is 48.0 Å². The molecule has 1 N–H and O–H groups in total. The second-order valence-electron chi connectivity index (χ2n) is 5.69. The molecular formula is C20H19N3O5. The monoisotopic (exact) mass is 381 g/mol. The zero-order valence-corrected chi connectivity index (χ0v) is 15.5. The summed E-state index contributed by atoms with van der Waals surface area (Å²) in [7, 11) is 1.50. The van der Waals surface area contributed by atoms with Gasteiger partial charge in [-0.25, -0.2) is 0 Å². The number of nitrogens with one attached hydrogen (secondary N) is 1. The normalized spacial score (nSPS) is 10.7. The van der Waals surface area contributed by atoms with E-state index in [0.29, 0.717) is 23.7 Å². The topological polar surface area (TPSA) is 114 Å². The Bertz CT molecular complexity index is 947. The first-order valence-corrected chi connectivity index (χ1v) is 8.47. The average Bonchev–Trinajstić information content (AvgIpc) is 2.70. The van der Waals surface area contributed by atoms with E-state index in [1.54, 1.807) is 18.2 Å². The van der Waals surface area contributed by atoms with Gasteiger partial charge in [-0.2, -0.15) is 5.26 Å². The van der Waals surface area contributed by atoms with Crippen LogP contribution in [0.3, 0.4) is 0 Å². The predicted octanol–water partition coefficient (Wildman–Crippen LogP) is 3.94. The minimum atomic E-state index is -0.673. The summed E-state index contributed by atoms with van der Waals surface area (Å²) in [5.41, 5.74) is 0.483. The molecule has 0 aliphatic rings. The second kappa shape index (κ2) is 9.73. The van der Waals surface area contributed by atoms with Gasteiger partial charge in [0.05, 0.1) is 18.6 Å². The number of anilines is 1. The summed E-state index contributed by atoms with van der Waals surface area (Å²) in [4.78, 5) is 22.6. The molecule has 1 amide bonds. The van der Waals surface area contributed by atoms with Crippen molar-refractivity contribution in [2.45, 2.75) is 13.3 Å².